The van der Waals surface area contributed by atoms with Crippen LogP contribution in [0.15, 0.2) is 72.0 Å². The topological polar surface area (TPSA) is 112 Å². The second-order valence-electron chi connectivity index (χ2n) is 9.07. The smallest absolute Gasteiger partial charge is 0.268 e. The lowest BCUT2D eigenvalue weighted by Gasteiger charge is -2.21. The van der Waals surface area contributed by atoms with Gasteiger partial charge in [-0.15, -0.1) is 0 Å². The molecule has 0 fully saturated rings. The summed E-state index contributed by atoms with van der Waals surface area (Å²) in [5.74, 6) is -0.455. The SMILES string of the molecule is Cn1cc(-c2ccc(NC(=O)c3cc4c(n(-c5ccccc5)c3=O)CCCC4=O)nc2)c2c(Cl)ncnc21. The number of amides is 1. The molecular formula is C28H21ClN6O3. The lowest BCUT2D eigenvalue weighted by Crippen LogP contribution is -2.33. The molecule has 10 heteroatoms. The van der Waals surface area contributed by atoms with Gasteiger partial charge in [-0.25, -0.2) is 15.0 Å². The van der Waals surface area contributed by atoms with E-state index in [4.69, 9.17) is 11.6 Å². The fourth-order valence-corrected chi connectivity index (χ4v) is 5.14. The van der Waals surface area contributed by atoms with Crippen LogP contribution < -0.4 is 10.9 Å². The van der Waals surface area contributed by atoms with Crippen molar-refractivity contribution in [3.63, 3.8) is 0 Å². The summed E-state index contributed by atoms with van der Waals surface area (Å²) in [6.45, 7) is 0. The molecule has 6 rings (SSSR count). The minimum atomic E-state index is -0.636. The molecule has 9 nitrogen and oxygen atoms in total. The number of hydrogen-bond acceptors (Lipinski definition) is 6. The first-order valence-electron chi connectivity index (χ1n) is 12.0. The number of Topliss-reactive ketones (excluding diaryl/α,β-unsaturated/α-hetero) is 1. The maximum absolute atomic E-state index is 13.5. The van der Waals surface area contributed by atoms with Gasteiger partial charge < -0.3 is 9.88 Å². The van der Waals surface area contributed by atoms with Crippen LogP contribution in [0.3, 0.4) is 0 Å². The summed E-state index contributed by atoms with van der Waals surface area (Å²) in [4.78, 5) is 52.3. The second-order valence-corrected chi connectivity index (χ2v) is 9.43. The number of carbonyl (C=O) groups excluding carboxylic acids is 2. The van der Waals surface area contributed by atoms with Gasteiger partial charge in [0.2, 0.25) is 0 Å². The number of anilines is 1. The molecule has 0 bridgehead atoms. The average molecular weight is 525 g/mol. The van der Waals surface area contributed by atoms with Crippen molar-refractivity contribution in [3.8, 4) is 16.8 Å². The summed E-state index contributed by atoms with van der Waals surface area (Å²) in [5.41, 5.74) is 3.30. The fraction of sp³-hybridized carbons (Fsp3) is 0.143. The van der Waals surface area contributed by atoms with E-state index in [1.54, 1.807) is 30.5 Å². The van der Waals surface area contributed by atoms with E-state index in [0.717, 1.165) is 11.1 Å². The van der Waals surface area contributed by atoms with Crippen LogP contribution in [0.1, 0.15) is 39.3 Å². The van der Waals surface area contributed by atoms with Gasteiger partial charge in [-0.05, 0) is 43.2 Å². The van der Waals surface area contributed by atoms with E-state index in [9.17, 15) is 14.4 Å². The highest BCUT2D eigenvalue weighted by atomic mass is 35.5. The van der Waals surface area contributed by atoms with Gasteiger partial charge in [0, 0.05) is 53.9 Å². The van der Waals surface area contributed by atoms with E-state index in [2.05, 4.69) is 20.3 Å². The molecule has 0 atom stereocenters. The summed E-state index contributed by atoms with van der Waals surface area (Å²) >= 11 is 6.33. The molecule has 1 aliphatic carbocycles. The largest absolute Gasteiger partial charge is 0.335 e. The zero-order valence-electron chi connectivity index (χ0n) is 20.3. The molecule has 0 saturated heterocycles. The number of benzene rings is 1. The van der Waals surface area contributed by atoms with Crippen LogP contribution in [0.4, 0.5) is 5.82 Å². The number of ketones is 1. The third-order valence-electron chi connectivity index (χ3n) is 6.70. The molecule has 0 radical (unpaired) electrons. The highest BCUT2D eigenvalue weighted by Crippen LogP contribution is 2.33. The number of nitrogens with one attached hydrogen (secondary N) is 1. The molecule has 5 aromatic rings. The van der Waals surface area contributed by atoms with Crippen LogP contribution in [0.5, 0.6) is 0 Å². The Morgan fingerprint density at radius 2 is 1.82 bits per heavy atom. The number of hydrogen-bond donors (Lipinski definition) is 1. The molecule has 1 N–H and O–H groups in total. The van der Waals surface area contributed by atoms with E-state index in [1.165, 1.54) is 17.0 Å². The molecule has 4 heterocycles. The molecule has 0 saturated carbocycles. The number of pyridine rings is 2. The Kier molecular flexibility index (Phi) is 5.84. The van der Waals surface area contributed by atoms with Crippen LogP contribution >= 0.6 is 11.6 Å². The summed E-state index contributed by atoms with van der Waals surface area (Å²) in [6, 6.07) is 13.9. The molecule has 0 unspecified atom stereocenters. The van der Waals surface area contributed by atoms with Crippen molar-refractivity contribution in [1.82, 2.24) is 24.1 Å². The Morgan fingerprint density at radius 1 is 1.00 bits per heavy atom. The molecule has 38 heavy (non-hydrogen) atoms. The van der Waals surface area contributed by atoms with Gasteiger partial charge in [-0.1, -0.05) is 29.8 Å². The predicted molar refractivity (Wildman–Crippen MR) is 144 cm³/mol. The lowest BCUT2D eigenvalue weighted by atomic mass is 9.92. The highest BCUT2D eigenvalue weighted by Gasteiger charge is 2.26. The number of carbonyl (C=O) groups is 2. The zero-order valence-corrected chi connectivity index (χ0v) is 21.1. The van der Waals surface area contributed by atoms with Crippen molar-refractivity contribution in [2.75, 3.05) is 5.32 Å². The molecular weight excluding hydrogens is 504 g/mol. The van der Waals surface area contributed by atoms with Crippen molar-refractivity contribution in [1.29, 1.82) is 0 Å². The maximum atomic E-state index is 13.5. The number of aromatic nitrogens is 5. The number of para-hydroxylation sites is 1. The molecule has 4 aromatic heterocycles. The Balaban J connectivity index is 1.35. The highest BCUT2D eigenvalue weighted by molar-refractivity contribution is 6.35. The molecule has 1 aliphatic rings. The van der Waals surface area contributed by atoms with E-state index in [0.29, 0.717) is 52.4 Å². The Morgan fingerprint density at radius 3 is 2.58 bits per heavy atom. The summed E-state index contributed by atoms with van der Waals surface area (Å²) in [6.07, 6.45) is 6.52. The van der Waals surface area contributed by atoms with E-state index in [-0.39, 0.29) is 17.2 Å². The maximum Gasteiger partial charge on any atom is 0.268 e. The van der Waals surface area contributed by atoms with Crippen molar-refractivity contribution >= 4 is 40.1 Å². The van der Waals surface area contributed by atoms with Crippen LogP contribution in [0, 0.1) is 0 Å². The number of halogens is 1. The normalized spacial score (nSPS) is 12.9. The molecule has 0 aliphatic heterocycles. The minimum absolute atomic E-state index is 0.0785. The second kappa shape index (κ2) is 9.35. The van der Waals surface area contributed by atoms with Crippen LogP contribution in [-0.2, 0) is 13.5 Å². The first-order chi connectivity index (χ1) is 18.4. The number of fused-ring (bicyclic) bond motifs is 2. The number of nitrogens with zero attached hydrogens (tertiary/aromatic N) is 5. The van der Waals surface area contributed by atoms with Crippen molar-refractivity contribution < 1.29 is 9.59 Å². The minimum Gasteiger partial charge on any atom is -0.335 e. The quantitative estimate of drug-likeness (QED) is 0.344. The lowest BCUT2D eigenvalue weighted by molar-refractivity contribution is 0.0971. The van der Waals surface area contributed by atoms with Crippen molar-refractivity contribution in [2.24, 2.45) is 7.05 Å². The molecule has 1 aromatic carbocycles. The third kappa shape index (κ3) is 3.97. The van der Waals surface area contributed by atoms with Crippen LogP contribution in [-0.4, -0.2) is 35.8 Å². The first-order valence-corrected chi connectivity index (χ1v) is 12.4. The van der Waals surface area contributed by atoms with E-state index in [1.807, 2.05) is 36.0 Å². The predicted octanol–water partition coefficient (Wildman–Crippen LogP) is 4.61. The first kappa shape index (κ1) is 23.7. The standard InChI is InChI=1S/C28H21ClN6O3/c1-34-14-20(24-25(29)31-15-32-26(24)34)16-10-11-23(30-13-16)33-27(37)19-12-18-21(8-5-9-22(18)36)35(28(19)38)17-6-3-2-4-7-17/h2-4,6-7,10-15H,5,8-9H2,1H3,(H,30,33,37). The summed E-state index contributed by atoms with van der Waals surface area (Å²) in [5, 5.41) is 3.74. The van der Waals surface area contributed by atoms with E-state index < -0.39 is 11.5 Å². The molecule has 1 amide bonds. The van der Waals surface area contributed by atoms with Gasteiger partial charge in [0.25, 0.3) is 11.5 Å². The van der Waals surface area contributed by atoms with Gasteiger partial charge in [0.15, 0.2) is 5.78 Å². The van der Waals surface area contributed by atoms with E-state index >= 15 is 0 Å². The van der Waals surface area contributed by atoms with Crippen molar-refractivity contribution in [2.45, 2.75) is 19.3 Å². The molecule has 0 spiro atoms. The van der Waals surface area contributed by atoms with Gasteiger partial charge >= 0.3 is 0 Å². The average Bonchev–Trinajstić information content (AvgIpc) is 3.27. The molecule has 188 valence electrons. The summed E-state index contributed by atoms with van der Waals surface area (Å²) < 4.78 is 3.33. The number of aryl methyl sites for hydroxylation is 1. The zero-order chi connectivity index (χ0) is 26.4. The van der Waals surface area contributed by atoms with Gasteiger partial charge in [-0.2, -0.15) is 0 Å². The fourth-order valence-electron chi connectivity index (χ4n) is 4.91. The third-order valence-corrected chi connectivity index (χ3v) is 6.99. The summed E-state index contributed by atoms with van der Waals surface area (Å²) in [7, 11) is 1.86. The van der Waals surface area contributed by atoms with Gasteiger partial charge in [-0.3, -0.25) is 19.0 Å². The van der Waals surface area contributed by atoms with Crippen LogP contribution in [0.25, 0.3) is 27.8 Å². The monoisotopic (exact) mass is 524 g/mol. The Bertz CT molecular complexity index is 1790. The Hall–Kier alpha value is -4.63. The van der Waals surface area contributed by atoms with Gasteiger partial charge in [0.05, 0.1) is 5.39 Å². The van der Waals surface area contributed by atoms with Gasteiger partial charge in [0.1, 0.15) is 28.5 Å². The number of rotatable bonds is 4. The Labute approximate surface area is 221 Å². The van der Waals surface area contributed by atoms with Crippen molar-refractivity contribution in [3.05, 3.63) is 99.6 Å². The van der Waals surface area contributed by atoms with Crippen LogP contribution in [0.2, 0.25) is 5.15 Å².